The van der Waals surface area contributed by atoms with Crippen LogP contribution in [-0.4, -0.2) is 95.3 Å². The van der Waals surface area contributed by atoms with Crippen molar-refractivity contribution in [1.82, 2.24) is 24.5 Å². The van der Waals surface area contributed by atoms with Crippen LogP contribution in [0, 0.1) is 13.8 Å². The first-order valence-corrected chi connectivity index (χ1v) is 11.2. The molecule has 170 valence electrons. The monoisotopic (exact) mass is 437 g/mol. The molecule has 2 saturated heterocycles. The van der Waals surface area contributed by atoms with Gasteiger partial charge in [0.1, 0.15) is 0 Å². The third kappa shape index (κ3) is 5.08. The number of rotatable bonds is 5. The molecule has 32 heavy (non-hydrogen) atoms. The fraction of sp³-hybridized carbons (Fsp3) is 0.458. The number of ether oxygens (including phenoxy) is 1. The summed E-state index contributed by atoms with van der Waals surface area (Å²) >= 11 is 0. The Morgan fingerprint density at radius 3 is 2.31 bits per heavy atom. The van der Waals surface area contributed by atoms with E-state index in [9.17, 15) is 9.59 Å². The third-order valence-corrected chi connectivity index (χ3v) is 6.15. The van der Waals surface area contributed by atoms with Gasteiger partial charge in [-0.05, 0) is 32.1 Å². The Morgan fingerprint density at radius 2 is 1.62 bits per heavy atom. The van der Waals surface area contributed by atoms with Gasteiger partial charge in [-0.15, -0.1) is 0 Å². The third-order valence-electron chi connectivity index (χ3n) is 6.15. The SMILES string of the molecule is Cc1nn(-c2ccccc2)c(C)c1/C=C/C(=O)N1CCN(C(=O)CN2CCOCC2)CC1. The van der Waals surface area contributed by atoms with E-state index >= 15 is 0 Å². The second kappa shape index (κ2) is 10.1. The van der Waals surface area contributed by atoms with Crippen molar-refractivity contribution in [1.29, 1.82) is 0 Å². The minimum Gasteiger partial charge on any atom is -0.379 e. The number of para-hydroxylation sites is 1. The van der Waals surface area contributed by atoms with Gasteiger partial charge in [0.25, 0.3) is 0 Å². The lowest BCUT2D eigenvalue weighted by Crippen LogP contribution is -2.53. The molecule has 0 saturated carbocycles. The average molecular weight is 438 g/mol. The van der Waals surface area contributed by atoms with E-state index in [1.54, 1.807) is 11.0 Å². The first-order valence-electron chi connectivity index (χ1n) is 11.2. The van der Waals surface area contributed by atoms with Gasteiger partial charge in [0.15, 0.2) is 0 Å². The summed E-state index contributed by atoms with van der Waals surface area (Å²) in [6.07, 6.45) is 3.48. The van der Waals surface area contributed by atoms with E-state index in [4.69, 9.17) is 4.74 Å². The number of hydrogen-bond acceptors (Lipinski definition) is 5. The van der Waals surface area contributed by atoms with Crippen LogP contribution in [-0.2, 0) is 14.3 Å². The topological polar surface area (TPSA) is 70.9 Å². The Bertz CT molecular complexity index is 971. The number of piperazine rings is 1. The number of carbonyl (C=O) groups excluding carboxylic acids is 2. The van der Waals surface area contributed by atoms with Crippen LogP contribution in [0.2, 0.25) is 0 Å². The van der Waals surface area contributed by atoms with Gasteiger partial charge in [-0.25, -0.2) is 4.68 Å². The van der Waals surface area contributed by atoms with Crippen molar-refractivity contribution < 1.29 is 14.3 Å². The molecule has 2 aliphatic rings. The van der Waals surface area contributed by atoms with Crippen molar-refractivity contribution in [3.05, 3.63) is 53.4 Å². The van der Waals surface area contributed by atoms with Crippen molar-refractivity contribution in [2.75, 3.05) is 59.0 Å². The van der Waals surface area contributed by atoms with Crippen molar-refractivity contribution in [2.45, 2.75) is 13.8 Å². The van der Waals surface area contributed by atoms with Gasteiger partial charge < -0.3 is 14.5 Å². The van der Waals surface area contributed by atoms with Crippen molar-refractivity contribution in [2.24, 2.45) is 0 Å². The second-order valence-electron chi connectivity index (χ2n) is 8.26. The Hall–Kier alpha value is -2.97. The molecule has 0 radical (unpaired) electrons. The largest absolute Gasteiger partial charge is 0.379 e. The summed E-state index contributed by atoms with van der Waals surface area (Å²) in [5.74, 6) is 0.102. The highest BCUT2D eigenvalue weighted by Crippen LogP contribution is 2.19. The average Bonchev–Trinajstić information content (AvgIpc) is 3.12. The smallest absolute Gasteiger partial charge is 0.246 e. The van der Waals surface area contributed by atoms with Gasteiger partial charge >= 0.3 is 0 Å². The van der Waals surface area contributed by atoms with E-state index in [1.807, 2.05) is 59.8 Å². The second-order valence-corrected chi connectivity index (χ2v) is 8.26. The molecule has 0 bridgehead atoms. The Labute approximate surface area is 189 Å². The van der Waals surface area contributed by atoms with Gasteiger partial charge in [0.2, 0.25) is 11.8 Å². The van der Waals surface area contributed by atoms with Crippen LogP contribution >= 0.6 is 0 Å². The lowest BCUT2D eigenvalue weighted by atomic mass is 10.1. The van der Waals surface area contributed by atoms with Crippen molar-refractivity contribution in [3.8, 4) is 5.69 Å². The summed E-state index contributed by atoms with van der Waals surface area (Å²) in [6.45, 7) is 9.63. The summed E-state index contributed by atoms with van der Waals surface area (Å²) in [5, 5.41) is 4.63. The van der Waals surface area contributed by atoms with E-state index in [2.05, 4.69) is 10.00 Å². The highest BCUT2D eigenvalue weighted by Gasteiger charge is 2.25. The van der Waals surface area contributed by atoms with E-state index in [1.165, 1.54) is 0 Å². The number of carbonyl (C=O) groups is 2. The molecule has 0 spiro atoms. The van der Waals surface area contributed by atoms with Gasteiger partial charge in [0.05, 0.1) is 31.1 Å². The normalized spacial score (nSPS) is 17.8. The lowest BCUT2D eigenvalue weighted by Gasteiger charge is -2.36. The highest BCUT2D eigenvalue weighted by molar-refractivity contribution is 5.92. The summed E-state index contributed by atoms with van der Waals surface area (Å²) in [6, 6.07) is 9.97. The molecule has 8 heteroatoms. The maximum Gasteiger partial charge on any atom is 0.246 e. The first kappa shape index (κ1) is 22.2. The molecule has 1 aromatic heterocycles. The zero-order valence-corrected chi connectivity index (χ0v) is 18.9. The van der Waals surface area contributed by atoms with Crippen LogP contribution in [0.25, 0.3) is 11.8 Å². The predicted octanol–water partition coefficient (Wildman–Crippen LogP) is 1.51. The highest BCUT2D eigenvalue weighted by atomic mass is 16.5. The van der Waals surface area contributed by atoms with Crippen LogP contribution in [0.1, 0.15) is 17.0 Å². The van der Waals surface area contributed by atoms with Crippen LogP contribution in [0.15, 0.2) is 36.4 Å². The van der Waals surface area contributed by atoms with Crippen LogP contribution in [0.5, 0.6) is 0 Å². The number of amides is 2. The minimum atomic E-state index is -0.0310. The van der Waals surface area contributed by atoms with Crippen molar-refractivity contribution in [3.63, 3.8) is 0 Å². The Kier molecular flexibility index (Phi) is 7.02. The Balaban J connectivity index is 1.32. The molecule has 0 aliphatic carbocycles. The van der Waals surface area contributed by atoms with Crippen molar-refractivity contribution >= 4 is 17.9 Å². The summed E-state index contributed by atoms with van der Waals surface area (Å²) < 4.78 is 7.24. The van der Waals surface area contributed by atoms with Crippen LogP contribution in [0.3, 0.4) is 0 Å². The zero-order chi connectivity index (χ0) is 22.5. The lowest BCUT2D eigenvalue weighted by molar-refractivity contribution is -0.138. The number of aryl methyl sites for hydroxylation is 1. The van der Waals surface area contributed by atoms with Crippen LogP contribution in [0.4, 0.5) is 0 Å². The molecule has 0 unspecified atom stereocenters. The van der Waals surface area contributed by atoms with E-state index in [0.29, 0.717) is 45.9 Å². The number of nitrogens with zero attached hydrogens (tertiary/aromatic N) is 5. The van der Waals surface area contributed by atoms with E-state index in [-0.39, 0.29) is 11.8 Å². The number of aromatic nitrogens is 2. The van der Waals surface area contributed by atoms with Gasteiger partial charge in [-0.2, -0.15) is 5.10 Å². The molecule has 1 aromatic carbocycles. The Morgan fingerprint density at radius 1 is 0.969 bits per heavy atom. The number of hydrogen-bond donors (Lipinski definition) is 0. The predicted molar refractivity (Wildman–Crippen MR) is 122 cm³/mol. The quantitative estimate of drug-likeness (QED) is 0.663. The molecule has 2 fully saturated rings. The fourth-order valence-corrected chi connectivity index (χ4v) is 4.20. The molecule has 2 amide bonds. The van der Waals surface area contributed by atoms with Gasteiger partial charge in [-0.3, -0.25) is 14.5 Å². The minimum absolute atomic E-state index is 0.0310. The number of morpholine rings is 1. The molecule has 4 rings (SSSR count). The summed E-state index contributed by atoms with van der Waals surface area (Å²) in [4.78, 5) is 31.1. The molecular weight excluding hydrogens is 406 g/mol. The standard InChI is InChI=1S/C24H31N5O3/c1-19-22(20(2)29(25-19)21-6-4-3-5-7-21)8-9-23(30)27-10-12-28(13-11-27)24(31)18-26-14-16-32-17-15-26/h3-9H,10-18H2,1-2H3/b9-8+. The van der Waals surface area contributed by atoms with Gasteiger partial charge in [-0.1, -0.05) is 18.2 Å². The molecule has 0 atom stereocenters. The maximum atomic E-state index is 12.8. The van der Waals surface area contributed by atoms with Crippen LogP contribution < -0.4 is 0 Å². The first-order chi connectivity index (χ1) is 15.5. The summed E-state index contributed by atoms with van der Waals surface area (Å²) in [7, 11) is 0. The fourth-order valence-electron chi connectivity index (χ4n) is 4.20. The van der Waals surface area contributed by atoms with Gasteiger partial charge in [0, 0.05) is 56.6 Å². The molecular formula is C24H31N5O3. The maximum absolute atomic E-state index is 12.8. The van der Waals surface area contributed by atoms with E-state index < -0.39 is 0 Å². The molecule has 2 aromatic rings. The molecule has 3 heterocycles. The summed E-state index contributed by atoms with van der Waals surface area (Å²) in [5.41, 5.74) is 3.84. The molecule has 2 aliphatic heterocycles. The zero-order valence-electron chi connectivity index (χ0n) is 18.9. The molecule has 8 nitrogen and oxygen atoms in total. The number of benzene rings is 1. The van der Waals surface area contributed by atoms with E-state index in [0.717, 1.165) is 35.7 Å². The molecule has 0 N–H and O–H groups in total.